The SMILES string of the molecule is NC1(c2noc(CCc3cnn(-c4ccccc4)c3)n2)CCCC1. The topological polar surface area (TPSA) is 82.8 Å². The van der Waals surface area contributed by atoms with Crippen molar-refractivity contribution in [3.63, 3.8) is 0 Å². The van der Waals surface area contributed by atoms with Gasteiger partial charge in [-0.05, 0) is 37.0 Å². The summed E-state index contributed by atoms with van der Waals surface area (Å²) in [5, 5.41) is 8.51. The van der Waals surface area contributed by atoms with Gasteiger partial charge in [-0.25, -0.2) is 4.68 Å². The van der Waals surface area contributed by atoms with Gasteiger partial charge in [0.1, 0.15) is 0 Å². The minimum atomic E-state index is -0.389. The summed E-state index contributed by atoms with van der Waals surface area (Å²) in [5.74, 6) is 1.31. The molecule has 124 valence electrons. The third-order valence-corrected chi connectivity index (χ3v) is 4.69. The molecular formula is C18H21N5O. The van der Waals surface area contributed by atoms with E-state index in [-0.39, 0.29) is 5.54 Å². The van der Waals surface area contributed by atoms with Crippen LogP contribution in [0.1, 0.15) is 43.0 Å². The van der Waals surface area contributed by atoms with Crippen molar-refractivity contribution in [3.8, 4) is 5.69 Å². The second-order valence-corrected chi connectivity index (χ2v) is 6.50. The zero-order valence-corrected chi connectivity index (χ0v) is 13.6. The van der Waals surface area contributed by atoms with Gasteiger partial charge in [0.25, 0.3) is 0 Å². The van der Waals surface area contributed by atoms with Gasteiger partial charge in [0.15, 0.2) is 5.82 Å². The highest BCUT2D eigenvalue weighted by atomic mass is 16.5. The molecule has 2 heterocycles. The molecule has 2 N–H and O–H groups in total. The summed E-state index contributed by atoms with van der Waals surface area (Å²) in [5.41, 5.74) is 8.17. The number of aromatic nitrogens is 4. The standard InChI is InChI=1S/C18H21N5O/c19-18(10-4-5-11-18)17-21-16(24-22-17)9-8-14-12-20-23(13-14)15-6-2-1-3-7-15/h1-3,6-7,12-13H,4-5,8-11,19H2. The van der Waals surface area contributed by atoms with Gasteiger partial charge in [0.2, 0.25) is 5.89 Å². The molecule has 24 heavy (non-hydrogen) atoms. The maximum absolute atomic E-state index is 6.37. The summed E-state index contributed by atoms with van der Waals surface area (Å²) in [6.07, 6.45) is 9.58. The minimum absolute atomic E-state index is 0.389. The van der Waals surface area contributed by atoms with Crippen LogP contribution in [-0.2, 0) is 18.4 Å². The second-order valence-electron chi connectivity index (χ2n) is 6.50. The molecule has 1 aliphatic rings. The zero-order chi connectivity index (χ0) is 16.4. The Labute approximate surface area is 140 Å². The number of nitrogens with two attached hydrogens (primary N) is 1. The number of nitrogens with zero attached hydrogens (tertiary/aromatic N) is 4. The second kappa shape index (κ2) is 6.20. The van der Waals surface area contributed by atoms with E-state index in [4.69, 9.17) is 10.3 Å². The monoisotopic (exact) mass is 323 g/mol. The predicted octanol–water partition coefficient (Wildman–Crippen LogP) is 2.77. The van der Waals surface area contributed by atoms with Gasteiger partial charge in [-0.2, -0.15) is 10.1 Å². The number of benzene rings is 1. The molecule has 3 aromatic rings. The summed E-state index contributed by atoms with van der Waals surface area (Å²) in [4.78, 5) is 4.51. The third kappa shape index (κ3) is 2.97. The highest BCUT2D eigenvalue weighted by Gasteiger charge is 2.35. The Morgan fingerprint density at radius 1 is 1.12 bits per heavy atom. The maximum Gasteiger partial charge on any atom is 0.227 e. The Kier molecular flexibility index (Phi) is 3.90. The van der Waals surface area contributed by atoms with Crippen molar-refractivity contribution in [2.45, 2.75) is 44.1 Å². The number of rotatable bonds is 5. The van der Waals surface area contributed by atoms with Gasteiger partial charge >= 0.3 is 0 Å². The van der Waals surface area contributed by atoms with Crippen LogP contribution in [0.25, 0.3) is 5.69 Å². The highest BCUT2D eigenvalue weighted by molar-refractivity contribution is 5.30. The van der Waals surface area contributed by atoms with Crippen molar-refractivity contribution >= 4 is 0 Å². The molecule has 0 saturated heterocycles. The van der Waals surface area contributed by atoms with Crippen LogP contribution in [0, 0.1) is 0 Å². The van der Waals surface area contributed by atoms with E-state index in [1.54, 1.807) is 0 Å². The van der Waals surface area contributed by atoms with Crippen LogP contribution >= 0.6 is 0 Å². The fourth-order valence-electron chi connectivity index (χ4n) is 3.25. The number of hydrogen-bond donors (Lipinski definition) is 1. The lowest BCUT2D eigenvalue weighted by molar-refractivity contribution is 0.348. The smallest absolute Gasteiger partial charge is 0.227 e. The Bertz CT molecular complexity index is 802. The van der Waals surface area contributed by atoms with E-state index in [0.29, 0.717) is 18.1 Å². The van der Waals surface area contributed by atoms with E-state index < -0.39 is 0 Å². The normalized spacial score (nSPS) is 16.5. The highest BCUT2D eigenvalue weighted by Crippen LogP contribution is 2.34. The fraction of sp³-hybridized carbons (Fsp3) is 0.389. The van der Waals surface area contributed by atoms with Gasteiger partial charge in [-0.15, -0.1) is 0 Å². The lowest BCUT2D eigenvalue weighted by Crippen LogP contribution is -2.34. The van der Waals surface area contributed by atoms with Crippen LogP contribution in [0.4, 0.5) is 0 Å². The van der Waals surface area contributed by atoms with E-state index in [1.165, 1.54) is 0 Å². The van der Waals surface area contributed by atoms with Crippen molar-refractivity contribution in [1.29, 1.82) is 0 Å². The number of aryl methyl sites for hydroxylation is 2. The van der Waals surface area contributed by atoms with Gasteiger partial charge in [-0.3, -0.25) is 0 Å². The first kappa shape index (κ1) is 15.1. The summed E-state index contributed by atoms with van der Waals surface area (Å²) >= 11 is 0. The summed E-state index contributed by atoms with van der Waals surface area (Å²) in [6, 6.07) is 10.1. The first-order valence-corrected chi connectivity index (χ1v) is 8.44. The molecule has 6 nitrogen and oxygen atoms in total. The lowest BCUT2D eigenvalue weighted by Gasteiger charge is -2.17. The van der Waals surface area contributed by atoms with Gasteiger partial charge in [0.05, 0.1) is 17.4 Å². The molecule has 1 aliphatic carbocycles. The molecule has 0 spiro atoms. The van der Waals surface area contributed by atoms with Crippen LogP contribution in [-0.4, -0.2) is 19.9 Å². The number of para-hydroxylation sites is 1. The largest absolute Gasteiger partial charge is 0.339 e. The van der Waals surface area contributed by atoms with E-state index in [9.17, 15) is 0 Å². The average molecular weight is 323 g/mol. The quantitative estimate of drug-likeness (QED) is 0.780. The fourth-order valence-corrected chi connectivity index (χ4v) is 3.25. The minimum Gasteiger partial charge on any atom is -0.339 e. The first-order valence-electron chi connectivity index (χ1n) is 8.44. The summed E-state index contributed by atoms with van der Waals surface area (Å²) in [6.45, 7) is 0. The zero-order valence-electron chi connectivity index (χ0n) is 13.6. The lowest BCUT2D eigenvalue weighted by atomic mass is 9.99. The van der Waals surface area contributed by atoms with E-state index >= 15 is 0 Å². The molecule has 1 saturated carbocycles. The first-order chi connectivity index (χ1) is 11.7. The molecule has 4 rings (SSSR count). The Balaban J connectivity index is 1.41. The molecular weight excluding hydrogens is 302 g/mol. The predicted molar refractivity (Wildman–Crippen MR) is 89.6 cm³/mol. The van der Waals surface area contributed by atoms with Gasteiger partial charge < -0.3 is 10.3 Å². The van der Waals surface area contributed by atoms with Crippen molar-refractivity contribution in [3.05, 3.63) is 60.0 Å². The molecule has 0 unspecified atom stereocenters. The summed E-state index contributed by atoms with van der Waals surface area (Å²) < 4.78 is 7.26. The van der Waals surface area contributed by atoms with E-state index in [0.717, 1.165) is 43.4 Å². The molecule has 1 fully saturated rings. The third-order valence-electron chi connectivity index (χ3n) is 4.69. The Morgan fingerprint density at radius 3 is 2.71 bits per heavy atom. The molecule has 0 aliphatic heterocycles. The van der Waals surface area contributed by atoms with E-state index in [2.05, 4.69) is 15.2 Å². The van der Waals surface area contributed by atoms with Crippen LogP contribution < -0.4 is 5.73 Å². The van der Waals surface area contributed by atoms with Crippen molar-refractivity contribution in [2.75, 3.05) is 0 Å². The Morgan fingerprint density at radius 2 is 1.92 bits per heavy atom. The molecule has 1 aromatic carbocycles. The van der Waals surface area contributed by atoms with Gasteiger partial charge in [-0.1, -0.05) is 36.2 Å². The maximum atomic E-state index is 6.37. The number of hydrogen-bond acceptors (Lipinski definition) is 5. The average Bonchev–Trinajstić information content (AvgIpc) is 3.35. The van der Waals surface area contributed by atoms with Crippen molar-refractivity contribution < 1.29 is 4.52 Å². The van der Waals surface area contributed by atoms with E-state index in [1.807, 2.05) is 47.4 Å². The van der Waals surface area contributed by atoms with Crippen molar-refractivity contribution in [2.24, 2.45) is 5.73 Å². The van der Waals surface area contributed by atoms with Crippen LogP contribution in [0.5, 0.6) is 0 Å². The van der Waals surface area contributed by atoms with Crippen molar-refractivity contribution in [1.82, 2.24) is 19.9 Å². The van der Waals surface area contributed by atoms with Gasteiger partial charge in [0, 0.05) is 12.6 Å². The molecule has 0 bridgehead atoms. The molecule has 0 radical (unpaired) electrons. The molecule has 0 amide bonds. The van der Waals surface area contributed by atoms with Crippen LogP contribution in [0.2, 0.25) is 0 Å². The molecule has 0 atom stereocenters. The van der Waals surface area contributed by atoms with Crippen LogP contribution in [0.3, 0.4) is 0 Å². The molecule has 6 heteroatoms. The van der Waals surface area contributed by atoms with Crippen LogP contribution in [0.15, 0.2) is 47.2 Å². The molecule has 2 aromatic heterocycles. The summed E-state index contributed by atoms with van der Waals surface area (Å²) in [7, 11) is 0. The Hall–Kier alpha value is -2.47.